The topological polar surface area (TPSA) is 70.9 Å². The van der Waals surface area contributed by atoms with E-state index in [2.05, 4.69) is 15.3 Å². The van der Waals surface area contributed by atoms with Gasteiger partial charge in [0.15, 0.2) is 0 Å². The van der Waals surface area contributed by atoms with Gasteiger partial charge < -0.3 is 14.7 Å². The van der Waals surface area contributed by atoms with Gasteiger partial charge in [0.25, 0.3) is 5.56 Å². The molecule has 0 aliphatic rings. The molecule has 26 heavy (non-hydrogen) atoms. The van der Waals surface area contributed by atoms with Crippen molar-refractivity contribution in [3.8, 4) is 11.1 Å². The van der Waals surface area contributed by atoms with Gasteiger partial charge in [0, 0.05) is 10.9 Å². The summed E-state index contributed by atoms with van der Waals surface area (Å²) in [6.45, 7) is 2.39. The lowest BCUT2D eigenvalue weighted by Gasteiger charge is -2.10. The van der Waals surface area contributed by atoms with Crippen LogP contribution in [0.5, 0.6) is 0 Å². The molecule has 4 rings (SSSR count). The fourth-order valence-corrected chi connectivity index (χ4v) is 3.77. The number of benzene rings is 1. The van der Waals surface area contributed by atoms with Crippen molar-refractivity contribution in [2.24, 2.45) is 0 Å². The number of H-pyrrole nitrogens is 1. The van der Waals surface area contributed by atoms with E-state index >= 15 is 0 Å². The minimum atomic E-state index is -0.306. The first-order valence-corrected chi connectivity index (χ1v) is 9.03. The highest BCUT2D eigenvalue weighted by Gasteiger charge is 2.14. The second-order valence-electron chi connectivity index (χ2n) is 5.97. The molecule has 0 amide bonds. The molecule has 5 nitrogen and oxygen atoms in total. The summed E-state index contributed by atoms with van der Waals surface area (Å²) < 4.78 is 18.5. The molecule has 2 N–H and O–H groups in total. The van der Waals surface area contributed by atoms with Gasteiger partial charge in [0.1, 0.15) is 22.2 Å². The Kier molecular flexibility index (Phi) is 4.40. The Morgan fingerprint density at radius 2 is 2.12 bits per heavy atom. The van der Waals surface area contributed by atoms with Crippen molar-refractivity contribution in [3.63, 3.8) is 0 Å². The molecular formula is C19H16FN3O2S. The maximum absolute atomic E-state index is 13.1. The molecule has 0 unspecified atom stereocenters. The molecule has 3 heterocycles. The number of aromatic amines is 1. The van der Waals surface area contributed by atoms with E-state index in [-0.39, 0.29) is 17.4 Å². The van der Waals surface area contributed by atoms with Gasteiger partial charge in [-0.25, -0.2) is 9.37 Å². The van der Waals surface area contributed by atoms with Crippen LogP contribution < -0.4 is 10.9 Å². The van der Waals surface area contributed by atoms with Gasteiger partial charge in [-0.3, -0.25) is 4.79 Å². The number of hydrogen-bond acceptors (Lipinski definition) is 5. The van der Waals surface area contributed by atoms with Crippen molar-refractivity contribution < 1.29 is 8.81 Å². The number of fused-ring (bicyclic) bond motifs is 1. The lowest BCUT2D eigenvalue weighted by molar-refractivity contribution is 0.427. The number of furan rings is 1. The number of halogens is 1. The number of nitrogens with one attached hydrogen (secondary N) is 2. The predicted molar refractivity (Wildman–Crippen MR) is 99.6 cm³/mol. The standard InChI is InChI=1S/C19H16FN3O2S/c1-11(15-3-2-8-25-15)21-9-16-22-18(24)17-14(10-26-19(17)23-16)12-4-6-13(20)7-5-12/h2-8,10-11,21H,9H2,1H3,(H,22,23,24)/t11-/m1/s1. The molecule has 1 aromatic carbocycles. The van der Waals surface area contributed by atoms with E-state index in [0.29, 0.717) is 22.6 Å². The molecule has 0 fully saturated rings. The van der Waals surface area contributed by atoms with Gasteiger partial charge in [-0.2, -0.15) is 0 Å². The van der Waals surface area contributed by atoms with Crippen molar-refractivity contribution in [3.05, 3.63) is 75.8 Å². The monoisotopic (exact) mass is 369 g/mol. The summed E-state index contributed by atoms with van der Waals surface area (Å²) in [4.78, 5) is 20.6. The maximum atomic E-state index is 13.1. The first-order chi connectivity index (χ1) is 12.6. The summed E-state index contributed by atoms with van der Waals surface area (Å²) in [5.74, 6) is 1.08. The third kappa shape index (κ3) is 3.18. The van der Waals surface area contributed by atoms with Crippen LogP contribution in [0.3, 0.4) is 0 Å². The van der Waals surface area contributed by atoms with Crippen LogP contribution in [0.2, 0.25) is 0 Å². The Bertz CT molecular complexity index is 1080. The van der Waals surface area contributed by atoms with Gasteiger partial charge >= 0.3 is 0 Å². The summed E-state index contributed by atoms with van der Waals surface area (Å²) in [5.41, 5.74) is 1.36. The quantitative estimate of drug-likeness (QED) is 0.552. The molecule has 0 bridgehead atoms. The van der Waals surface area contributed by atoms with Gasteiger partial charge in [-0.05, 0) is 36.8 Å². The van der Waals surface area contributed by atoms with E-state index in [1.54, 1.807) is 18.4 Å². The Hall–Kier alpha value is -2.77. The van der Waals surface area contributed by atoms with Crippen molar-refractivity contribution in [2.75, 3.05) is 0 Å². The van der Waals surface area contributed by atoms with Crippen LogP contribution in [0.25, 0.3) is 21.3 Å². The van der Waals surface area contributed by atoms with Crippen molar-refractivity contribution in [1.82, 2.24) is 15.3 Å². The third-order valence-corrected chi connectivity index (χ3v) is 5.07. The fourth-order valence-electron chi connectivity index (χ4n) is 2.81. The first kappa shape index (κ1) is 16.7. The molecular weight excluding hydrogens is 353 g/mol. The number of rotatable bonds is 5. The highest BCUT2D eigenvalue weighted by Crippen LogP contribution is 2.30. The zero-order valence-electron chi connectivity index (χ0n) is 14.0. The molecule has 0 saturated heterocycles. The molecule has 0 spiro atoms. The van der Waals surface area contributed by atoms with E-state index in [4.69, 9.17) is 4.42 Å². The Balaban J connectivity index is 1.61. The molecule has 7 heteroatoms. The van der Waals surface area contributed by atoms with E-state index in [1.807, 2.05) is 24.4 Å². The van der Waals surface area contributed by atoms with Crippen LogP contribution >= 0.6 is 11.3 Å². The third-order valence-electron chi connectivity index (χ3n) is 4.19. The van der Waals surface area contributed by atoms with Crippen LogP contribution in [-0.2, 0) is 6.54 Å². The predicted octanol–water partition coefficient (Wildman–Crippen LogP) is 4.23. The van der Waals surface area contributed by atoms with E-state index in [1.165, 1.54) is 23.5 Å². The molecule has 1 atom stereocenters. The summed E-state index contributed by atoms with van der Waals surface area (Å²) in [7, 11) is 0. The van der Waals surface area contributed by atoms with Crippen molar-refractivity contribution in [2.45, 2.75) is 19.5 Å². The van der Waals surface area contributed by atoms with E-state index in [9.17, 15) is 9.18 Å². The summed E-state index contributed by atoms with van der Waals surface area (Å²) >= 11 is 1.40. The SMILES string of the molecule is C[C@@H](NCc1nc2scc(-c3ccc(F)cc3)c2c(=O)[nH]1)c1ccco1. The smallest absolute Gasteiger partial charge is 0.260 e. The summed E-state index contributed by atoms with van der Waals surface area (Å²) in [5, 5.41) is 5.68. The lowest BCUT2D eigenvalue weighted by atomic mass is 10.1. The molecule has 4 aromatic rings. The largest absolute Gasteiger partial charge is 0.468 e. The molecule has 0 saturated carbocycles. The molecule has 3 aromatic heterocycles. The normalized spacial score (nSPS) is 12.5. The number of nitrogens with zero attached hydrogens (tertiary/aromatic N) is 1. The zero-order valence-corrected chi connectivity index (χ0v) is 14.8. The second kappa shape index (κ2) is 6.86. The van der Waals surface area contributed by atoms with Gasteiger partial charge in [-0.15, -0.1) is 11.3 Å². The molecule has 0 aliphatic heterocycles. The Morgan fingerprint density at radius 3 is 2.85 bits per heavy atom. The van der Waals surface area contributed by atoms with Crippen LogP contribution in [0.4, 0.5) is 4.39 Å². The van der Waals surface area contributed by atoms with Crippen LogP contribution in [0.1, 0.15) is 24.6 Å². The second-order valence-corrected chi connectivity index (χ2v) is 6.83. The number of hydrogen-bond donors (Lipinski definition) is 2. The highest BCUT2D eigenvalue weighted by molar-refractivity contribution is 7.17. The zero-order chi connectivity index (χ0) is 18.1. The van der Waals surface area contributed by atoms with E-state index in [0.717, 1.165) is 16.9 Å². The van der Waals surface area contributed by atoms with Crippen LogP contribution in [0.15, 0.2) is 57.3 Å². The molecule has 0 aliphatic carbocycles. The first-order valence-electron chi connectivity index (χ1n) is 8.15. The lowest BCUT2D eigenvalue weighted by Crippen LogP contribution is -2.21. The Morgan fingerprint density at radius 1 is 1.31 bits per heavy atom. The summed E-state index contributed by atoms with van der Waals surface area (Å²) in [6.07, 6.45) is 1.63. The van der Waals surface area contributed by atoms with Gasteiger partial charge in [0.2, 0.25) is 0 Å². The molecule has 0 radical (unpaired) electrons. The van der Waals surface area contributed by atoms with Crippen molar-refractivity contribution >= 4 is 21.6 Å². The minimum absolute atomic E-state index is 0.00381. The average Bonchev–Trinajstić information content (AvgIpc) is 3.30. The highest BCUT2D eigenvalue weighted by atomic mass is 32.1. The average molecular weight is 369 g/mol. The Labute approximate surface area is 152 Å². The van der Waals surface area contributed by atoms with Gasteiger partial charge in [0.05, 0.1) is 24.2 Å². The van der Waals surface area contributed by atoms with Crippen LogP contribution in [0, 0.1) is 5.82 Å². The molecule has 132 valence electrons. The minimum Gasteiger partial charge on any atom is -0.468 e. The maximum Gasteiger partial charge on any atom is 0.260 e. The van der Waals surface area contributed by atoms with Crippen molar-refractivity contribution in [1.29, 1.82) is 0 Å². The van der Waals surface area contributed by atoms with Crippen LogP contribution in [-0.4, -0.2) is 9.97 Å². The van der Waals surface area contributed by atoms with E-state index < -0.39 is 0 Å². The van der Waals surface area contributed by atoms with Gasteiger partial charge in [-0.1, -0.05) is 12.1 Å². The summed E-state index contributed by atoms with van der Waals surface area (Å²) in [6, 6.07) is 9.83. The fraction of sp³-hybridized carbons (Fsp3) is 0.158. The number of aromatic nitrogens is 2. The number of thiophene rings is 1.